The molecule has 0 heterocycles. The molecule has 1 saturated carbocycles. The molecule has 0 aliphatic heterocycles. The predicted molar refractivity (Wildman–Crippen MR) is 148 cm³/mol. The van der Waals surface area contributed by atoms with Gasteiger partial charge in [-0.1, -0.05) is 41.5 Å². The van der Waals surface area contributed by atoms with E-state index in [2.05, 4.69) is 41.5 Å². The lowest BCUT2D eigenvalue weighted by Crippen LogP contribution is -2.21. The third-order valence-corrected chi connectivity index (χ3v) is 6.78. The van der Waals surface area contributed by atoms with Crippen LogP contribution in [-0.2, 0) is 10.8 Å². The van der Waals surface area contributed by atoms with Crippen molar-refractivity contribution in [1.82, 2.24) is 0 Å². The van der Waals surface area contributed by atoms with Crippen molar-refractivity contribution < 1.29 is 19.7 Å². The van der Waals surface area contributed by atoms with Crippen LogP contribution in [-0.4, -0.2) is 48.9 Å². The van der Waals surface area contributed by atoms with Gasteiger partial charge >= 0.3 is 0 Å². The van der Waals surface area contributed by atoms with Crippen LogP contribution < -0.4 is 9.47 Å². The Labute approximate surface area is 216 Å². The van der Waals surface area contributed by atoms with Crippen molar-refractivity contribution in [3.63, 3.8) is 0 Å². The number of nitrogens with zero attached hydrogens (tertiary/aromatic N) is 2. The van der Waals surface area contributed by atoms with E-state index in [0.29, 0.717) is 22.6 Å². The molecule has 0 aromatic heterocycles. The number of phenols is 2. The number of ether oxygens (including phenoxy) is 2. The van der Waals surface area contributed by atoms with E-state index in [4.69, 9.17) is 19.5 Å². The molecule has 2 atom stereocenters. The van der Waals surface area contributed by atoms with Crippen LogP contribution in [0.3, 0.4) is 0 Å². The Bertz CT molecular complexity index is 1040. The molecule has 0 saturated heterocycles. The van der Waals surface area contributed by atoms with Gasteiger partial charge in [-0.3, -0.25) is 9.98 Å². The molecule has 0 spiro atoms. The zero-order chi connectivity index (χ0) is 26.7. The number of methoxy groups -OCH3 is 2. The normalized spacial score (nSPS) is 19.2. The summed E-state index contributed by atoms with van der Waals surface area (Å²) in [5.74, 6) is 1.91. The zero-order valence-corrected chi connectivity index (χ0v) is 23.1. The third-order valence-electron chi connectivity index (χ3n) is 6.78. The highest BCUT2D eigenvalue weighted by molar-refractivity contribution is 5.86. The lowest BCUT2D eigenvalue weighted by Gasteiger charge is -2.25. The molecule has 1 aliphatic rings. The van der Waals surface area contributed by atoms with Gasteiger partial charge in [-0.15, -0.1) is 0 Å². The largest absolute Gasteiger partial charge is 0.507 e. The Kier molecular flexibility index (Phi) is 8.37. The summed E-state index contributed by atoms with van der Waals surface area (Å²) >= 11 is 0. The molecular weight excluding hydrogens is 452 g/mol. The summed E-state index contributed by atoms with van der Waals surface area (Å²) in [5, 5.41) is 21.8. The number of phenolic OH excluding ortho intramolecular Hbond substituents is 2. The van der Waals surface area contributed by atoms with E-state index in [1.807, 2.05) is 24.3 Å². The van der Waals surface area contributed by atoms with Gasteiger partial charge in [-0.05, 0) is 60.8 Å². The predicted octanol–water partition coefficient (Wildman–Crippen LogP) is 6.56. The zero-order valence-electron chi connectivity index (χ0n) is 23.1. The summed E-state index contributed by atoms with van der Waals surface area (Å²) in [4.78, 5) is 9.65. The van der Waals surface area contributed by atoms with Crippen molar-refractivity contribution in [2.24, 2.45) is 9.98 Å². The SMILES string of the molecule is COc1cc(C=NC2CCCC(N=Cc3cc(OC)cc(C(C)(C)C)c3O)C2)c(O)c(C(C)(C)C)c1. The molecule has 2 aromatic rings. The fourth-order valence-corrected chi connectivity index (χ4v) is 4.62. The van der Waals surface area contributed by atoms with Gasteiger partial charge < -0.3 is 19.7 Å². The van der Waals surface area contributed by atoms with Crippen LogP contribution >= 0.6 is 0 Å². The number of benzene rings is 2. The van der Waals surface area contributed by atoms with E-state index in [1.165, 1.54) is 0 Å². The number of aromatic hydroxyl groups is 2. The molecule has 2 unspecified atom stereocenters. The van der Waals surface area contributed by atoms with Crippen molar-refractivity contribution >= 4 is 12.4 Å². The summed E-state index contributed by atoms with van der Waals surface area (Å²) in [6.45, 7) is 12.4. The maximum Gasteiger partial charge on any atom is 0.128 e. The van der Waals surface area contributed by atoms with Crippen molar-refractivity contribution in [2.75, 3.05) is 14.2 Å². The van der Waals surface area contributed by atoms with Gasteiger partial charge in [0, 0.05) is 34.7 Å². The summed E-state index contributed by atoms with van der Waals surface area (Å²) in [7, 11) is 3.27. The van der Waals surface area contributed by atoms with Gasteiger partial charge in [-0.2, -0.15) is 0 Å². The molecular formula is C30H42N2O4. The van der Waals surface area contributed by atoms with E-state index in [0.717, 1.165) is 36.8 Å². The molecule has 2 N–H and O–H groups in total. The van der Waals surface area contributed by atoms with Crippen LogP contribution in [0.4, 0.5) is 0 Å². The van der Waals surface area contributed by atoms with Crippen LogP contribution in [0.5, 0.6) is 23.0 Å². The first kappa shape index (κ1) is 27.6. The summed E-state index contributed by atoms with van der Waals surface area (Å²) in [6.07, 6.45) is 7.36. The second-order valence-electron chi connectivity index (χ2n) is 11.8. The van der Waals surface area contributed by atoms with Crippen molar-refractivity contribution in [3.8, 4) is 23.0 Å². The summed E-state index contributed by atoms with van der Waals surface area (Å²) in [6, 6.07) is 7.66. The van der Waals surface area contributed by atoms with Crippen molar-refractivity contribution in [2.45, 2.75) is 90.1 Å². The molecule has 6 heteroatoms. The van der Waals surface area contributed by atoms with Gasteiger partial charge in [0.1, 0.15) is 23.0 Å². The minimum absolute atomic E-state index is 0.119. The molecule has 1 aliphatic carbocycles. The Morgan fingerprint density at radius 2 is 1.11 bits per heavy atom. The summed E-state index contributed by atoms with van der Waals surface area (Å²) in [5.41, 5.74) is 2.57. The highest BCUT2D eigenvalue weighted by Crippen LogP contribution is 2.37. The Morgan fingerprint density at radius 1 is 0.722 bits per heavy atom. The lowest BCUT2D eigenvalue weighted by molar-refractivity contribution is 0.396. The molecule has 3 rings (SSSR count). The standard InChI is InChI=1S/C30H42N2O4/c1-29(2,3)25-15-23(35-7)12-19(27(25)33)17-31-21-10-9-11-22(14-21)32-18-20-13-24(36-8)16-26(28(20)34)30(4,5)6/h12-13,15-18,21-22,33-34H,9-11,14H2,1-8H3. The number of rotatable bonds is 6. The highest BCUT2D eigenvalue weighted by atomic mass is 16.5. The van der Waals surface area contributed by atoms with E-state index >= 15 is 0 Å². The minimum atomic E-state index is -0.218. The minimum Gasteiger partial charge on any atom is -0.507 e. The Hall–Kier alpha value is -3.02. The van der Waals surface area contributed by atoms with Crippen LogP contribution in [0.25, 0.3) is 0 Å². The van der Waals surface area contributed by atoms with Crippen LogP contribution in [0.1, 0.15) is 89.5 Å². The Balaban J connectivity index is 1.80. The van der Waals surface area contributed by atoms with Gasteiger partial charge in [0.05, 0.1) is 26.3 Å². The quantitative estimate of drug-likeness (QED) is 0.446. The first-order valence-electron chi connectivity index (χ1n) is 12.7. The second-order valence-corrected chi connectivity index (χ2v) is 11.8. The molecule has 6 nitrogen and oxygen atoms in total. The third kappa shape index (κ3) is 6.59. The molecule has 0 amide bonds. The van der Waals surface area contributed by atoms with Gasteiger partial charge in [0.15, 0.2) is 0 Å². The summed E-state index contributed by atoms with van der Waals surface area (Å²) < 4.78 is 10.9. The van der Waals surface area contributed by atoms with Gasteiger partial charge in [0.2, 0.25) is 0 Å². The van der Waals surface area contributed by atoms with E-state index in [9.17, 15) is 10.2 Å². The van der Waals surface area contributed by atoms with Crippen molar-refractivity contribution in [3.05, 3.63) is 46.5 Å². The smallest absolute Gasteiger partial charge is 0.128 e. The van der Waals surface area contributed by atoms with Crippen LogP contribution in [0.15, 0.2) is 34.3 Å². The van der Waals surface area contributed by atoms with Crippen LogP contribution in [0.2, 0.25) is 0 Å². The molecule has 2 aromatic carbocycles. The molecule has 196 valence electrons. The second kappa shape index (κ2) is 10.9. The average molecular weight is 495 g/mol. The van der Waals surface area contributed by atoms with Crippen molar-refractivity contribution in [1.29, 1.82) is 0 Å². The molecule has 1 fully saturated rings. The Morgan fingerprint density at radius 3 is 1.44 bits per heavy atom. The first-order chi connectivity index (χ1) is 16.8. The maximum absolute atomic E-state index is 10.9. The average Bonchev–Trinajstić information content (AvgIpc) is 2.81. The maximum atomic E-state index is 10.9. The van der Waals surface area contributed by atoms with Gasteiger partial charge in [0.25, 0.3) is 0 Å². The van der Waals surface area contributed by atoms with Crippen LogP contribution in [0, 0.1) is 0 Å². The number of aliphatic imine (C=N–C) groups is 2. The first-order valence-corrected chi connectivity index (χ1v) is 12.7. The monoisotopic (exact) mass is 494 g/mol. The van der Waals surface area contributed by atoms with E-state index < -0.39 is 0 Å². The molecule has 36 heavy (non-hydrogen) atoms. The van der Waals surface area contributed by atoms with Gasteiger partial charge in [-0.25, -0.2) is 0 Å². The number of hydrogen-bond donors (Lipinski definition) is 2. The molecule has 0 bridgehead atoms. The fraction of sp³-hybridized carbons (Fsp3) is 0.533. The number of hydrogen-bond acceptors (Lipinski definition) is 6. The molecule has 0 radical (unpaired) electrons. The topological polar surface area (TPSA) is 83.6 Å². The fourth-order valence-electron chi connectivity index (χ4n) is 4.62. The highest BCUT2D eigenvalue weighted by Gasteiger charge is 2.24. The van der Waals surface area contributed by atoms with E-state index in [1.54, 1.807) is 26.6 Å². The lowest BCUT2D eigenvalue weighted by atomic mass is 9.85. The van der Waals surface area contributed by atoms with E-state index in [-0.39, 0.29) is 34.4 Å².